The highest BCUT2D eigenvalue weighted by Gasteiger charge is 2.68. The Morgan fingerprint density at radius 1 is 0.840 bits per heavy atom. The maximum Gasteiger partial charge on any atom is 0.446 e. The van der Waals surface area contributed by atoms with E-state index in [1.807, 2.05) is 6.07 Å². The van der Waals surface area contributed by atoms with E-state index in [4.69, 9.17) is 4.74 Å². The summed E-state index contributed by atoms with van der Waals surface area (Å²) < 4.78 is 94.7. The Balaban J connectivity index is 1.41. The number of rotatable bonds is 13. The first-order chi connectivity index (χ1) is 23.9. The van der Waals surface area contributed by atoms with Crippen LogP contribution in [-0.4, -0.2) is 42.1 Å². The van der Waals surface area contributed by atoms with Gasteiger partial charge in [-0.25, -0.2) is 0 Å². The first-order valence-electron chi connectivity index (χ1n) is 17.7. The van der Waals surface area contributed by atoms with E-state index >= 15 is 17.6 Å². The summed E-state index contributed by atoms with van der Waals surface area (Å²) in [6.07, 6.45) is 14.5. The van der Waals surface area contributed by atoms with E-state index < -0.39 is 40.2 Å². The van der Waals surface area contributed by atoms with Gasteiger partial charge in [-0.3, -0.25) is 4.28 Å². The van der Waals surface area contributed by atoms with Crippen molar-refractivity contribution in [2.24, 2.45) is 5.16 Å². The lowest BCUT2D eigenvalue weighted by Crippen LogP contribution is -2.50. The molecule has 0 saturated heterocycles. The lowest BCUT2D eigenvalue weighted by atomic mass is 9.73. The van der Waals surface area contributed by atoms with Crippen LogP contribution in [0.15, 0.2) is 35.5 Å². The molecule has 0 aromatic heterocycles. The summed E-state index contributed by atoms with van der Waals surface area (Å²) in [5.41, 5.74) is 2.67. The molecule has 0 heterocycles. The van der Waals surface area contributed by atoms with Crippen LogP contribution in [0.5, 0.6) is 5.75 Å². The number of aromatic hydroxyl groups is 1. The number of benzene rings is 2. The SMILES string of the molecule is N#C/C(=N\OS(=O)(=O)C(F)(F)C(F)(F)COCc1c(C2CCCCC2)cc(C2CCCCC2)c(O)c1C1CCCCC1)c1ccc(CO)cc1. The maximum absolute atomic E-state index is 15.2. The summed E-state index contributed by atoms with van der Waals surface area (Å²) in [6, 6.07) is 8.76. The zero-order valence-corrected chi connectivity index (χ0v) is 29.0. The molecule has 3 fully saturated rings. The van der Waals surface area contributed by atoms with Gasteiger partial charge in [0.15, 0.2) is 5.71 Å². The number of hydrogen-bond donors (Lipinski definition) is 2. The fraction of sp³-hybridized carbons (Fsp3) is 0.622. The first kappa shape index (κ1) is 38.0. The van der Waals surface area contributed by atoms with Gasteiger partial charge in [0.05, 0.1) is 13.2 Å². The van der Waals surface area contributed by atoms with Crippen molar-refractivity contribution in [2.45, 2.75) is 138 Å². The number of halogens is 4. The molecule has 2 aromatic carbocycles. The molecule has 0 bridgehead atoms. The van der Waals surface area contributed by atoms with E-state index in [1.54, 1.807) is 0 Å². The zero-order valence-electron chi connectivity index (χ0n) is 28.2. The molecule has 3 saturated carbocycles. The van der Waals surface area contributed by atoms with Gasteiger partial charge in [-0.1, -0.05) is 93.3 Å². The third kappa shape index (κ3) is 8.29. The van der Waals surface area contributed by atoms with Crippen LogP contribution in [-0.2, 0) is 32.4 Å². The number of alkyl halides is 4. The maximum atomic E-state index is 15.2. The van der Waals surface area contributed by atoms with E-state index in [2.05, 4.69) is 9.44 Å². The third-order valence-corrected chi connectivity index (χ3v) is 11.8. The van der Waals surface area contributed by atoms with Gasteiger partial charge in [0.25, 0.3) is 0 Å². The third-order valence-electron chi connectivity index (χ3n) is 10.6. The fourth-order valence-corrected chi connectivity index (χ4v) is 8.55. The summed E-state index contributed by atoms with van der Waals surface area (Å²) in [4.78, 5) is 0. The number of nitrogens with zero attached hydrogens (tertiary/aromatic N) is 2. The highest BCUT2D eigenvalue weighted by Crippen LogP contribution is 2.49. The standard InChI is InChI=1S/C37H46F4N2O6S/c38-36(39,37(40,41)50(46,47)49-43-33(21-42)28-18-16-25(22-44)17-19-28)24-48-23-32-30(26-10-4-1-5-11-26)20-31(27-12-6-2-7-13-27)35(45)34(32)29-14-8-3-9-15-29/h16-20,26-27,29,44-45H,1-15,22-24H2/b43-33+. The molecule has 274 valence electrons. The number of aliphatic hydroxyl groups excluding tert-OH is 1. The largest absolute Gasteiger partial charge is 0.507 e. The minimum absolute atomic E-state index is 0.0315. The van der Waals surface area contributed by atoms with Crippen molar-refractivity contribution in [1.29, 1.82) is 5.26 Å². The van der Waals surface area contributed by atoms with Gasteiger partial charge < -0.3 is 14.9 Å². The first-order valence-corrected chi connectivity index (χ1v) is 19.1. The number of phenolic OH excluding ortho intramolecular Hbond substituents is 1. The predicted molar refractivity (Wildman–Crippen MR) is 180 cm³/mol. The molecule has 0 aliphatic heterocycles. The Labute approximate surface area is 291 Å². The van der Waals surface area contributed by atoms with Gasteiger partial charge in [0, 0.05) is 11.1 Å². The topological polar surface area (TPSA) is 129 Å². The summed E-state index contributed by atoms with van der Waals surface area (Å²) in [6.45, 7) is -2.77. The van der Waals surface area contributed by atoms with Gasteiger partial charge >= 0.3 is 21.3 Å². The molecule has 3 aliphatic carbocycles. The van der Waals surface area contributed by atoms with Crippen molar-refractivity contribution >= 4 is 15.8 Å². The van der Waals surface area contributed by atoms with E-state index in [1.165, 1.54) is 30.3 Å². The number of oxime groups is 1. The van der Waals surface area contributed by atoms with Gasteiger partial charge in [0.1, 0.15) is 18.4 Å². The van der Waals surface area contributed by atoms with Crippen LogP contribution in [0, 0.1) is 11.3 Å². The summed E-state index contributed by atoms with van der Waals surface area (Å²) >= 11 is 0. The summed E-state index contributed by atoms with van der Waals surface area (Å²) in [5.74, 6) is -4.82. The molecule has 8 nitrogen and oxygen atoms in total. The van der Waals surface area contributed by atoms with Crippen molar-refractivity contribution in [3.05, 3.63) is 63.7 Å². The van der Waals surface area contributed by atoms with Crippen LogP contribution >= 0.6 is 0 Å². The van der Waals surface area contributed by atoms with Crippen molar-refractivity contribution in [1.82, 2.24) is 0 Å². The highest BCUT2D eigenvalue weighted by atomic mass is 32.2. The summed E-state index contributed by atoms with van der Waals surface area (Å²) in [5, 5.41) is 27.6. The Bertz CT molecular complexity index is 1640. The number of hydrogen-bond acceptors (Lipinski definition) is 8. The van der Waals surface area contributed by atoms with Gasteiger partial charge in [-0.2, -0.15) is 31.2 Å². The van der Waals surface area contributed by atoms with Crippen molar-refractivity contribution < 1.29 is 45.2 Å². The average Bonchev–Trinajstić information content (AvgIpc) is 3.13. The van der Waals surface area contributed by atoms with Crippen LogP contribution in [0.1, 0.15) is 147 Å². The Hall–Kier alpha value is -3.21. The normalized spacial score (nSPS) is 19.3. The van der Waals surface area contributed by atoms with E-state index in [0.29, 0.717) is 16.7 Å². The summed E-state index contributed by atoms with van der Waals surface area (Å²) in [7, 11) is -6.40. The lowest BCUT2D eigenvalue weighted by Gasteiger charge is -2.34. The molecule has 0 unspecified atom stereocenters. The second-order valence-corrected chi connectivity index (χ2v) is 15.5. The molecular weight excluding hydrogens is 676 g/mol. The Kier molecular flexibility index (Phi) is 12.5. The van der Waals surface area contributed by atoms with Crippen molar-refractivity contribution in [3.8, 4) is 11.8 Å². The van der Waals surface area contributed by atoms with E-state index in [9.17, 15) is 23.9 Å². The predicted octanol–water partition coefficient (Wildman–Crippen LogP) is 9.05. The number of nitriles is 1. The van der Waals surface area contributed by atoms with Gasteiger partial charge in [0.2, 0.25) is 0 Å². The monoisotopic (exact) mass is 722 g/mol. The van der Waals surface area contributed by atoms with E-state index in [-0.39, 0.29) is 35.7 Å². The molecule has 2 aromatic rings. The van der Waals surface area contributed by atoms with Gasteiger partial charge in [-0.15, -0.1) is 0 Å². The molecule has 5 rings (SSSR count). The second kappa shape index (κ2) is 16.4. The minimum atomic E-state index is -6.40. The zero-order chi connectivity index (χ0) is 35.9. The molecule has 0 amide bonds. The van der Waals surface area contributed by atoms with Gasteiger partial charge in [-0.05, 0) is 78.5 Å². The Morgan fingerprint density at radius 2 is 1.36 bits per heavy atom. The smallest absolute Gasteiger partial charge is 0.446 e. The van der Waals surface area contributed by atoms with Crippen molar-refractivity contribution in [3.63, 3.8) is 0 Å². The Morgan fingerprint density at radius 3 is 1.88 bits per heavy atom. The average molecular weight is 723 g/mol. The lowest BCUT2D eigenvalue weighted by molar-refractivity contribution is -0.194. The fourth-order valence-electron chi connectivity index (χ4n) is 7.86. The van der Waals surface area contributed by atoms with Crippen LogP contribution < -0.4 is 0 Å². The molecule has 13 heteroatoms. The van der Waals surface area contributed by atoms with Crippen LogP contribution in [0.3, 0.4) is 0 Å². The molecule has 3 aliphatic rings. The molecule has 0 spiro atoms. The molecular formula is C37H46F4N2O6S. The van der Waals surface area contributed by atoms with Crippen LogP contribution in [0.2, 0.25) is 0 Å². The molecule has 0 atom stereocenters. The quantitative estimate of drug-likeness (QED) is 0.120. The molecule has 2 N–H and O–H groups in total. The van der Waals surface area contributed by atoms with E-state index in [0.717, 1.165) is 107 Å². The minimum Gasteiger partial charge on any atom is -0.507 e. The number of ether oxygens (including phenoxy) is 1. The highest BCUT2D eigenvalue weighted by molar-refractivity contribution is 7.87. The van der Waals surface area contributed by atoms with Crippen LogP contribution in [0.25, 0.3) is 0 Å². The second-order valence-electron chi connectivity index (χ2n) is 14.0. The molecule has 0 radical (unpaired) electrons. The number of aliphatic hydroxyl groups is 1. The van der Waals surface area contributed by atoms with Crippen molar-refractivity contribution in [2.75, 3.05) is 6.61 Å². The number of phenols is 1. The van der Waals surface area contributed by atoms with Crippen LogP contribution in [0.4, 0.5) is 17.6 Å². The molecule has 50 heavy (non-hydrogen) atoms.